The van der Waals surface area contributed by atoms with Gasteiger partial charge in [-0.1, -0.05) is 18.2 Å². The standard InChI is InChI=1S/C14H22N2O4S/c1-16(13-7-4-3-5-8-13)11-10-15-21(18,19)12-6-9-14(17)20-2/h3-5,7-8,15H,6,9-12H2,1-2H3. The number of hydrogen-bond acceptors (Lipinski definition) is 5. The average Bonchev–Trinajstić information content (AvgIpc) is 2.47. The van der Waals surface area contributed by atoms with E-state index in [4.69, 9.17) is 0 Å². The number of carbonyl (C=O) groups excluding carboxylic acids is 1. The lowest BCUT2D eigenvalue weighted by atomic mass is 10.3. The van der Waals surface area contributed by atoms with E-state index in [0.717, 1.165) is 5.69 Å². The number of anilines is 1. The second kappa shape index (κ2) is 8.63. The highest BCUT2D eigenvalue weighted by Crippen LogP contribution is 2.09. The Balaban J connectivity index is 2.29. The van der Waals surface area contributed by atoms with Crippen molar-refractivity contribution in [3.63, 3.8) is 0 Å². The highest BCUT2D eigenvalue weighted by Gasteiger charge is 2.11. The molecule has 0 saturated carbocycles. The van der Waals surface area contributed by atoms with Crippen LogP contribution in [0.4, 0.5) is 5.69 Å². The lowest BCUT2D eigenvalue weighted by Gasteiger charge is -2.19. The molecule has 118 valence electrons. The first kappa shape index (κ1) is 17.5. The molecule has 0 bridgehead atoms. The molecule has 1 rings (SSSR count). The molecule has 21 heavy (non-hydrogen) atoms. The van der Waals surface area contributed by atoms with Gasteiger partial charge in [0.1, 0.15) is 0 Å². The molecule has 0 spiro atoms. The van der Waals surface area contributed by atoms with Gasteiger partial charge < -0.3 is 9.64 Å². The van der Waals surface area contributed by atoms with Gasteiger partial charge in [0.05, 0.1) is 12.9 Å². The van der Waals surface area contributed by atoms with Crippen molar-refractivity contribution in [2.75, 3.05) is 37.9 Å². The number of rotatable bonds is 9. The van der Waals surface area contributed by atoms with Crippen LogP contribution in [0.15, 0.2) is 30.3 Å². The van der Waals surface area contributed by atoms with E-state index in [-0.39, 0.29) is 18.6 Å². The molecule has 0 atom stereocenters. The summed E-state index contributed by atoms with van der Waals surface area (Å²) in [5.41, 5.74) is 1.03. The molecule has 0 aliphatic heterocycles. The zero-order valence-electron chi connectivity index (χ0n) is 12.4. The van der Waals surface area contributed by atoms with E-state index >= 15 is 0 Å². The highest BCUT2D eigenvalue weighted by atomic mass is 32.2. The minimum Gasteiger partial charge on any atom is -0.469 e. The van der Waals surface area contributed by atoms with E-state index in [1.165, 1.54) is 7.11 Å². The van der Waals surface area contributed by atoms with E-state index in [1.54, 1.807) is 0 Å². The Morgan fingerprint density at radius 3 is 2.57 bits per heavy atom. The van der Waals surface area contributed by atoms with Crippen LogP contribution in [0.5, 0.6) is 0 Å². The Bertz CT molecular complexity index is 531. The van der Waals surface area contributed by atoms with Crippen LogP contribution in [0, 0.1) is 0 Å². The second-order valence-electron chi connectivity index (χ2n) is 4.65. The molecule has 1 aromatic rings. The van der Waals surface area contributed by atoms with Gasteiger partial charge in [0.25, 0.3) is 0 Å². The van der Waals surface area contributed by atoms with Crippen molar-refractivity contribution < 1.29 is 17.9 Å². The first-order valence-corrected chi connectivity index (χ1v) is 8.40. The quantitative estimate of drug-likeness (QED) is 0.688. The van der Waals surface area contributed by atoms with Gasteiger partial charge in [-0.25, -0.2) is 13.1 Å². The fourth-order valence-electron chi connectivity index (χ4n) is 1.76. The van der Waals surface area contributed by atoms with Gasteiger partial charge in [0, 0.05) is 32.2 Å². The second-order valence-corrected chi connectivity index (χ2v) is 6.58. The maximum Gasteiger partial charge on any atom is 0.305 e. The summed E-state index contributed by atoms with van der Waals surface area (Å²) in [7, 11) is -0.158. The maximum absolute atomic E-state index is 11.7. The predicted molar refractivity (Wildman–Crippen MR) is 82.8 cm³/mol. The summed E-state index contributed by atoms with van der Waals surface area (Å²) in [6.07, 6.45) is 0.373. The number of nitrogens with one attached hydrogen (secondary N) is 1. The molecule has 0 fully saturated rings. The number of sulfonamides is 1. The van der Waals surface area contributed by atoms with Gasteiger partial charge in [0.2, 0.25) is 10.0 Å². The van der Waals surface area contributed by atoms with E-state index < -0.39 is 16.0 Å². The maximum atomic E-state index is 11.7. The molecule has 0 radical (unpaired) electrons. The number of hydrogen-bond donors (Lipinski definition) is 1. The Morgan fingerprint density at radius 1 is 1.29 bits per heavy atom. The number of likely N-dealkylation sites (N-methyl/N-ethyl adjacent to an activating group) is 1. The van der Waals surface area contributed by atoms with Crippen LogP contribution < -0.4 is 9.62 Å². The summed E-state index contributed by atoms with van der Waals surface area (Å²) in [5.74, 6) is -0.467. The molecular weight excluding hydrogens is 292 g/mol. The summed E-state index contributed by atoms with van der Waals surface area (Å²) >= 11 is 0. The number of esters is 1. The monoisotopic (exact) mass is 314 g/mol. The number of para-hydroxylation sites is 1. The number of nitrogens with zero attached hydrogens (tertiary/aromatic N) is 1. The Labute approximate surface area is 126 Å². The molecular formula is C14H22N2O4S. The summed E-state index contributed by atoms with van der Waals surface area (Å²) in [4.78, 5) is 12.9. The van der Waals surface area contributed by atoms with Crippen LogP contribution in [0.2, 0.25) is 0 Å². The Hall–Kier alpha value is -1.60. The zero-order chi connectivity index (χ0) is 15.7. The molecule has 0 heterocycles. The molecule has 0 unspecified atom stereocenters. The van der Waals surface area contributed by atoms with Crippen LogP contribution >= 0.6 is 0 Å². The van der Waals surface area contributed by atoms with Crippen LogP contribution in [-0.2, 0) is 19.6 Å². The van der Waals surface area contributed by atoms with Crippen molar-refractivity contribution in [3.05, 3.63) is 30.3 Å². The van der Waals surface area contributed by atoms with Crippen molar-refractivity contribution >= 4 is 21.7 Å². The van der Waals surface area contributed by atoms with Crippen molar-refractivity contribution in [1.82, 2.24) is 4.72 Å². The normalized spacial score (nSPS) is 11.1. The van der Waals surface area contributed by atoms with Gasteiger partial charge in [-0.2, -0.15) is 0 Å². The molecule has 0 aromatic heterocycles. The van der Waals surface area contributed by atoms with Gasteiger partial charge in [0.15, 0.2) is 0 Å². The Kier molecular flexibility index (Phi) is 7.18. The summed E-state index contributed by atoms with van der Waals surface area (Å²) in [6.45, 7) is 0.895. The molecule has 7 heteroatoms. The van der Waals surface area contributed by atoms with Gasteiger partial charge in [-0.05, 0) is 18.6 Å². The van der Waals surface area contributed by atoms with E-state index in [2.05, 4.69) is 9.46 Å². The fraction of sp³-hybridized carbons (Fsp3) is 0.500. The molecule has 0 saturated heterocycles. The highest BCUT2D eigenvalue weighted by molar-refractivity contribution is 7.89. The zero-order valence-corrected chi connectivity index (χ0v) is 13.2. The van der Waals surface area contributed by atoms with Gasteiger partial charge in [-0.3, -0.25) is 4.79 Å². The molecule has 0 amide bonds. The topological polar surface area (TPSA) is 75.7 Å². The molecule has 0 aliphatic rings. The summed E-state index contributed by atoms with van der Waals surface area (Å²) in [5, 5.41) is 0. The van der Waals surface area contributed by atoms with Crippen LogP contribution in [0.3, 0.4) is 0 Å². The van der Waals surface area contributed by atoms with Crippen LogP contribution in [-0.4, -0.2) is 47.4 Å². The lowest BCUT2D eigenvalue weighted by molar-refractivity contribution is -0.140. The van der Waals surface area contributed by atoms with Gasteiger partial charge >= 0.3 is 5.97 Å². The SMILES string of the molecule is COC(=O)CCCS(=O)(=O)NCCN(C)c1ccccc1. The summed E-state index contributed by atoms with van der Waals surface area (Å²) in [6, 6.07) is 9.72. The van der Waals surface area contributed by atoms with Gasteiger partial charge in [-0.15, -0.1) is 0 Å². The third-order valence-electron chi connectivity index (χ3n) is 2.99. The van der Waals surface area contributed by atoms with Crippen molar-refractivity contribution in [1.29, 1.82) is 0 Å². The molecule has 6 nitrogen and oxygen atoms in total. The Morgan fingerprint density at radius 2 is 1.95 bits per heavy atom. The minimum atomic E-state index is -3.35. The van der Waals surface area contributed by atoms with Crippen LogP contribution in [0.1, 0.15) is 12.8 Å². The first-order chi connectivity index (χ1) is 9.94. The van der Waals surface area contributed by atoms with E-state index in [9.17, 15) is 13.2 Å². The third-order valence-corrected chi connectivity index (χ3v) is 4.46. The fourth-order valence-corrected chi connectivity index (χ4v) is 2.83. The van der Waals surface area contributed by atoms with Crippen molar-refractivity contribution in [2.24, 2.45) is 0 Å². The molecule has 0 aliphatic carbocycles. The number of carbonyl (C=O) groups is 1. The van der Waals surface area contributed by atoms with Crippen LogP contribution in [0.25, 0.3) is 0 Å². The predicted octanol–water partition coefficient (Wildman–Crippen LogP) is 0.995. The number of methoxy groups -OCH3 is 1. The first-order valence-electron chi connectivity index (χ1n) is 6.75. The van der Waals surface area contributed by atoms with E-state index in [1.807, 2.05) is 42.3 Å². The largest absolute Gasteiger partial charge is 0.469 e. The van der Waals surface area contributed by atoms with Crippen molar-refractivity contribution in [3.8, 4) is 0 Å². The van der Waals surface area contributed by atoms with E-state index in [0.29, 0.717) is 13.1 Å². The third kappa shape index (κ3) is 7.10. The number of ether oxygens (including phenoxy) is 1. The summed E-state index contributed by atoms with van der Waals surface area (Å²) < 4.78 is 30.5. The smallest absolute Gasteiger partial charge is 0.305 e. The number of benzene rings is 1. The lowest BCUT2D eigenvalue weighted by Crippen LogP contribution is -2.34. The minimum absolute atomic E-state index is 0.0723. The molecule has 1 aromatic carbocycles. The average molecular weight is 314 g/mol. The molecule has 1 N–H and O–H groups in total. The van der Waals surface area contributed by atoms with Crippen molar-refractivity contribution in [2.45, 2.75) is 12.8 Å².